The number of hydrogen-bond donors (Lipinski definition) is 2. The zero-order valence-corrected chi connectivity index (χ0v) is 11.5. The van der Waals surface area contributed by atoms with Gasteiger partial charge in [-0.15, -0.1) is 0 Å². The largest absolute Gasteiger partial charge is 0.490 e. The molecule has 3 N–H and O–H groups in total. The van der Waals surface area contributed by atoms with Crippen molar-refractivity contribution in [1.29, 1.82) is 0 Å². The molecule has 20 heavy (non-hydrogen) atoms. The van der Waals surface area contributed by atoms with Gasteiger partial charge in [0, 0.05) is 17.6 Å². The lowest BCUT2D eigenvalue weighted by atomic mass is 10.1. The van der Waals surface area contributed by atoms with Gasteiger partial charge in [0.2, 0.25) is 0 Å². The van der Waals surface area contributed by atoms with Crippen LogP contribution < -0.4 is 16.0 Å². The third-order valence-corrected chi connectivity index (χ3v) is 4.01. The molecule has 0 radical (unpaired) electrons. The fourth-order valence-electron chi connectivity index (χ4n) is 2.85. The molecule has 1 aromatic heterocycles. The minimum atomic E-state index is -0.0607. The summed E-state index contributed by atoms with van der Waals surface area (Å²) < 4.78 is 6.06. The van der Waals surface area contributed by atoms with Crippen LogP contribution in [0.3, 0.4) is 0 Å². The number of nitrogens with two attached hydrogens (primary N) is 1. The van der Waals surface area contributed by atoms with E-state index in [0.717, 1.165) is 43.2 Å². The fraction of sp³-hybridized carbons (Fsp3) is 0.438. The molecule has 1 fully saturated rings. The molecule has 1 aliphatic rings. The molecule has 3 rings (SSSR count). The standard InChI is InChI=1S/C16H20N2O2/c17-12-2-1-3-13(5-4-12)20-14-6-7-15-11(10-14)8-9-18-16(15)19/h6-10,12-13H,1-5,17H2,(H,18,19). The predicted molar refractivity (Wildman–Crippen MR) is 80.0 cm³/mol. The number of hydrogen-bond acceptors (Lipinski definition) is 3. The Kier molecular flexibility index (Phi) is 3.74. The first-order valence-electron chi connectivity index (χ1n) is 7.26. The van der Waals surface area contributed by atoms with E-state index in [4.69, 9.17) is 10.5 Å². The average molecular weight is 272 g/mol. The van der Waals surface area contributed by atoms with Crippen molar-refractivity contribution in [3.63, 3.8) is 0 Å². The van der Waals surface area contributed by atoms with Crippen molar-refractivity contribution in [3.05, 3.63) is 40.8 Å². The summed E-state index contributed by atoms with van der Waals surface area (Å²) in [6, 6.07) is 7.86. The third-order valence-electron chi connectivity index (χ3n) is 4.01. The van der Waals surface area contributed by atoms with Crippen molar-refractivity contribution in [2.45, 2.75) is 44.2 Å². The van der Waals surface area contributed by atoms with Crippen LogP contribution in [0.15, 0.2) is 35.3 Å². The van der Waals surface area contributed by atoms with E-state index in [9.17, 15) is 4.79 Å². The van der Waals surface area contributed by atoms with Crippen molar-refractivity contribution in [3.8, 4) is 5.75 Å². The van der Waals surface area contributed by atoms with E-state index in [0.29, 0.717) is 11.4 Å². The Labute approximate surface area is 117 Å². The summed E-state index contributed by atoms with van der Waals surface area (Å²) >= 11 is 0. The Morgan fingerprint density at radius 3 is 2.95 bits per heavy atom. The summed E-state index contributed by atoms with van der Waals surface area (Å²) in [5.74, 6) is 0.837. The van der Waals surface area contributed by atoms with Crippen molar-refractivity contribution in [1.82, 2.24) is 4.98 Å². The van der Waals surface area contributed by atoms with Gasteiger partial charge in [0.1, 0.15) is 5.75 Å². The van der Waals surface area contributed by atoms with Crippen LogP contribution in [0.5, 0.6) is 5.75 Å². The summed E-state index contributed by atoms with van der Waals surface area (Å²) in [5, 5.41) is 1.61. The molecule has 0 saturated heterocycles. The molecular formula is C16H20N2O2. The van der Waals surface area contributed by atoms with E-state index in [1.165, 1.54) is 0 Å². The number of pyridine rings is 1. The molecule has 0 bridgehead atoms. The SMILES string of the molecule is NC1CCCC(Oc2ccc3c(=O)[nH]ccc3c2)CC1. The van der Waals surface area contributed by atoms with Crippen LogP contribution in [0.4, 0.5) is 0 Å². The average Bonchev–Trinajstić information content (AvgIpc) is 2.64. The smallest absolute Gasteiger partial charge is 0.255 e. The zero-order valence-electron chi connectivity index (χ0n) is 11.5. The Balaban J connectivity index is 1.79. The first-order valence-corrected chi connectivity index (χ1v) is 7.26. The number of ether oxygens (including phenoxy) is 1. The van der Waals surface area contributed by atoms with E-state index in [1.807, 2.05) is 24.3 Å². The van der Waals surface area contributed by atoms with Gasteiger partial charge in [-0.25, -0.2) is 0 Å². The highest BCUT2D eigenvalue weighted by Gasteiger charge is 2.17. The van der Waals surface area contributed by atoms with E-state index >= 15 is 0 Å². The molecular weight excluding hydrogens is 252 g/mol. The number of benzene rings is 1. The molecule has 0 spiro atoms. The molecule has 2 aromatic rings. The lowest BCUT2D eigenvalue weighted by Gasteiger charge is -2.17. The number of H-pyrrole nitrogens is 1. The Morgan fingerprint density at radius 2 is 2.05 bits per heavy atom. The number of nitrogens with one attached hydrogen (secondary N) is 1. The van der Waals surface area contributed by atoms with Gasteiger partial charge in [-0.2, -0.15) is 0 Å². The second-order valence-electron chi connectivity index (χ2n) is 5.56. The molecule has 2 atom stereocenters. The molecule has 0 aliphatic heterocycles. The maximum absolute atomic E-state index is 11.7. The van der Waals surface area contributed by atoms with Crippen molar-refractivity contribution >= 4 is 10.8 Å². The molecule has 1 aromatic carbocycles. The van der Waals surface area contributed by atoms with Crippen LogP contribution in [0.2, 0.25) is 0 Å². The molecule has 4 nitrogen and oxygen atoms in total. The van der Waals surface area contributed by atoms with Gasteiger partial charge < -0.3 is 15.5 Å². The third kappa shape index (κ3) is 2.85. The Hall–Kier alpha value is -1.81. The molecule has 106 valence electrons. The monoisotopic (exact) mass is 272 g/mol. The van der Waals surface area contributed by atoms with Crippen LogP contribution in [0.1, 0.15) is 32.1 Å². The van der Waals surface area contributed by atoms with Crippen LogP contribution in [0, 0.1) is 0 Å². The van der Waals surface area contributed by atoms with Gasteiger partial charge >= 0.3 is 0 Å². The van der Waals surface area contributed by atoms with Gasteiger partial charge in [0.15, 0.2) is 0 Å². The first-order chi connectivity index (χ1) is 9.72. The zero-order chi connectivity index (χ0) is 13.9. The van der Waals surface area contributed by atoms with Crippen LogP contribution in [0.25, 0.3) is 10.8 Å². The highest BCUT2D eigenvalue weighted by atomic mass is 16.5. The van der Waals surface area contributed by atoms with Gasteiger partial charge in [-0.3, -0.25) is 4.79 Å². The van der Waals surface area contributed by atoms with E-state index < -0.39 is 0 Å². The van der Waals surface area contributed by atoms with Crippen LogP contribution in [-0.2, 0) is 0 Å². The van der Waals surface area contributed by atoms with Gasteiger partial charge in [0.25, 0.3) is 5.56 Å². The maximum atomic E-state index is 11.7. The highest BCUT2D eigenvalue weighted by Crippen LogP contribution is 2.24. The molecule has 0 amide bonds. The van der Waals surface area contributed by atoms with Crippen molar-refractivity contribution in [2.24, 2.45) is 5.73 Å². The highest BCUT2D eigenvalue weighted by molar-refractivity contribution is 5.82. The van der Waals surface area contributed by atoms with Crippen LogP contribution in [-0.4, -0.2) is 17.1 Å². The number of rotatable bonds is 2. The maximum Gasteiger partial charge on any atom is 0.255 e. The molecule has 2 unspecified atom stereocenters. The Morgan fingerprint density at radius 1 is 1.15 bits per heavy atom. The normalized spacial score (nSPS) is 23.4. The summed E-state index contributed by atoms with van der Waals surface area (Å²) in [6.07, 6.45) is 7.21. The second kappa shape index (κ2) is 5.67. The number of aromatic amines is 1. The summed E-state index contributed by atoms with van der Waals surface area (Å²) in [4.78, 5) is 14.3. The molecule has 1 saturated carbocycles. The molecule has 1 heterocycles. The molecule has 4 heteroatoms. The van der Waals surface area contributed by atoms with Crippen molar-refractivity contribution < 1.29 is 4.74 Å². The minimum absolute atomic E-state index is 0.0607. The van der Waals surface area contributed by atoms with E-state index in [2.05, 4.69) is 4.98 Å². The van der Waals surface area contributed by atoms with Gasteiger partial charge in [-0.1, -0.05) is 0 Å². The van der Waals surface area contributed by atoms with Crippen LogP contribution >= 0.6 is 0 Å². The summed E-state index contributed by atoms with van der Waals surface area (Å²) in [7, 11) is 0. The number of aromatic nitrogens is 1. The summed E-state index contributed by atoms with van der Waals surface area (Å²) in [6.45, 7) is 0. The fourth-order valence-corrected chi connectivity index (χ4v) is 2.85. The minimum Gasteiger partial charge on any atom is -0.490 e. The number of fused-ring (bicyclic) bond motifs is 1. The van der Waals surface area contributed by atoms with E-state index in [-0.39, 0.29) is 11.7 Å². The lowest BCUT2D eigenvalue weighted by molar-refractivity contribution is 0.183. The van der Waals surface area contributed by atoms with Gasteiger partial charge in [0.05, 0.1) is 6.10 Å². The lowest BCUT2D eigenvalue weighted by Crippen LogP contribution is -2.20. The predicted octanol–water partition coefficient (Wildman–Crippen LogP) is 2.57. The second-order valence-corrected chi connectivity index (χ2v) is 5.56. The molecule has 1 aliphatic carbocycles. The van der Waals surface area contributed by atoms with E-state index in [1.54, 1.807) is 6.20 Å². The summed E-state index contributed by atoms with van der Waals surface area (Å²) in [5.41, 5.74) is 5.93. The topological polar surface area (TPSA) is 68.1 Å². The first kappa shape index (κ1) is 13.2. The van der Waals surface area contributed by atoms with Gasteiger partial charge in [-0.05, 0) is 61.8 Å². The quantitative estimate of drug-likeness (QED) is 0.826. The Bertz CT molecular complexity index is 650. The van der Waals surface area contributed by atoms with Crippen molar-refractivity contribution in [2.75, 3.05) is 0 Å².